The summed E-state index contributed by atoms with van der Waals surface area (Å²) in [7, 11) is 2.04. The molecule has 1 aromatic carbocycles. The molecule has 2 N–H and O–H groups in total. The molecule has 2 rings (SSSR count). The smallest absolute Gasteiger partial charge is 0.0854 e. The molecular formula is C10H11BrN2. The van der Waals surface area contributed by atoms with Gasteiger partial charge in [-0.05, 0) is 39.7 Å². The van der Waals surface area contributed by atoms with Gasteiger partial charge >= 0.3 is 0 Å². The lowest BCUT2D eigenvalue weighted by Crippen LogP contribution is -1.95. The number of hydrogen-bond acceptors (Lipinski definition) is 1. The van der Waals surface area contributed by atoms with Crippen LogP contribution >= 0.6 is 15.9 Å². The predicted octanol–water partition coefficient (Wildman–Crippen LogP) is 2.40. The lowest BCUT2D eigenvalue weighted by atomic mass is 10.1. The second-order valence-electron chi connectivity index (χ2n) is 3.12. The fourth-order valence-electron chi connectivity index (χ4n) is 1.49. The van der Waals surface area contributed by atoms with Gasteiger partial charge < -0.3 is 10.3 Å². The average Bonchev–Trinajstić information content (AvgIpc) is 2.42. The van der Waals surface area contributed by atoms with Crippen molar-refractivity contribution < 1.29 is 0 Å². The first-order valence-corrected chi connectivity index (χ1v) is 4.95. The molecule has 0 bridgehead atoms. The molecule has 3 heteroatoms. The zero-order chi connectivity index (χ0) is 9.42. The Morgan fingerprint density at radius 2 is 2.15 bits per heavy atom. The number of rotatable bonds is 1. The average molecular weight is 239 g/mol. The number of fused-ring (bicyclic) bond motifs is 1. The van der Waals surface area contributed by atoms with Gasteiger partial charge in [-0.3, -0.25) is 0 Å². The standard InChI is InChI=1S/C10H11BrN2/c1-13-9-3-2-7(6-12)4-8(9)5-10(13)11/h2-5H,6,12H2,1H3. The van der Waals surface area contributed by atoms with Crippen LogP contribution in [-0.4, -0.2) is 4.57 Å². The van der Waals surface area contributed by atoms with Crippen molar-refractivity contribution in [3.63, 3.8) is 0 Å². The number of benzene rings is 1. The van der Waals surface area contributed by atoms with Gasteiger partial charge in [0.1, 0.15) is 0 Å². The van der Waals surface area contributed by atoms with Crippen molar-refractivity contribution >= 4 is 26.8 Å². The number of nitrogens with two attached hydrogens (primary N) is 1. The Morgan fingerprint density at radius 1 is 1.38 bits per heavy atom. The maximum Gasteiger partial charge on any atom is 0.0854 e. The van der Waals surface area contributed by atoms with E-state index in [9.17, 15) is 0 Å². The van der Waals surface area contributed by atoms with Crippen molar-refractivity contribution in [2.75, 3.05) is 0 Å². The highest BCUT2D eigenvalue weighted by Crippen LogP contribution is 2.23. The zero-order valence-corrected chi connectivity index (χ0v) is 9.01. The first-order chi connectivity index (χ1) is 6.22. The Balaban J connectivity index is 2.73. The molecule has 0 aliphatic heterocycles. The molecule has 0 fully saturated rings. The summed E-state index contributed by atoms with van der Waals surface area (Å²) < 4.78 is 3.20. The van der Waals surface area contributed by atoms with Gasteiger partial charge in [0.05, 0.1) is 4.60 Å². The maximum atomic E-state index is 5.57. The Labute approximate surface area is 85.5 Å². The molecule has 1 aromatic heterocycles. The lowest BCUT2D eigenvalue weighted by molar-refractivity contribution is 0.940. The monoisotopic (exact) mass is 238 g/mol. The van der Waals surface area contributed by atoms with Crippen LogP contribution in [-0.2, 0) is 13.6 Å². The number of halogens is 1. The van der Waals surface area contributed by atoms with E-state index in [1.807, 2.05) is 7.05 Å². The molecule has 68 valence electrons. The predicted molar refractivity (Wildman–Crippen MR) is 58.5 cm³/mol. The minimum Gasteiger partial charge on any atom is -0.338 e. The summed E-state index contributed by atoms with van der Waals surface area (Å²) in [5, 5.41) is 1.23. The van der Waals surface area contributed by atoms with Gasteiger partial charge in [0.2, 0.25) is 0 Å². The SMILES string of the molecule is Cn1c(Br)cc2cc(CN)ccc21. The number of nitrogens with zero attached hydrogens (tertiary/aromatic N) is 1. The lowest BCUT2D eigenvalue weighted by Gasteiger charge is -1.99. The van der Waals surface area contributed by atoms with E-state index in [-0.39, 0.29) is 0 Å². The van der Waals surface area contributed by atoms with E-state index in [0.29, 0.717) is 6.54 Å². The first kappa shape index (κ1) is 8.78. The van der Waals surface area contributed by atoms with Gasteiger partial charge in [0, 0.05) is 24.5 Å². The van der Waals surface area contributed by atoms with Crippen molar-refractivity contribution in [2.24, 2.45) is 12.8 Å². The minimum absolute atomic E-state index is 0.600. The maximum absolute atomic E-state index is 5.57. The largest absolute Gasteiger partial charge is 0.338 e. The summed E-state index contributed by atoms with van der Waals surface area (Å²) in [5.41, 5.74) is 7.97. The van der Waals surface area contributed by atoms with Crippen LogP contribution < -0.4 is 5.73 Å². The van der Waals surface area contributed by atoms with Gasteiger partial charge in [-0.2, -0.15) is 0 Å². The Bertz CT molecular complexity index is 445. The highest BCUT2D eigenvalue weighted by Gasteiger charge is 2.02. The minimum atomic E-state index is 0.600. The van der Waals surface area contributed by atoms with Crippen LogP contribution in [0.4, 0.5) is 0 Å². The van der Waals surface area contributed by atoms with Gasteiger partial charge in [-0.15, -0.1) is 0 Å². The molecule has 0 radical (unpaired) electrons. The van der Waals surface area contributed by atoms with E-state index < -0.39 is 0 Å². The summed E-state index contributed by atoms with van der Waals surface area (Å²) in [6.45, 7) is 0.600. The molecular weight excluding hydrogens is 228 g/mol. The van der Waals surface area contributed by atoms with Gasteiger partial charge in [0.25, 0.3) is 0 Å². The van der Waals surface area contributed by atoms with Gasteiger partial charge in [-0.1, -0.05) is 6.07 Å². The molecule has 0 amide bonds. The molecule has 0 aliphatic carbocycles. The summed E-state index contributed by atoms with van der Waals surface area (Å²) in [4.78, 5) is 0. The van der Waals surface area contributed by atoms with Crippen LogP contribution in [0.3, 0.4) is 0 Å². The third-order valence-corrected chi connectivity index (χ3v) is 3.04. The molecule has 0 unspecified atom stereocenters. The van der Waals surface area contributed by atoms with Gasteiger partial charge in [-0.25, -0.2) is 0 Å². The molecule has 0 saturated carbocycles. The molecule has 1 heterocycles. The van der Waals surface area contributed by atoms with Crippen LogP contribution in [0.15, 0.2) is 28.9 Å². The Morgan fingerprint density at radius 3 is 2.85 bits per heavy atom. The van der Waals surface area contributed by atoms with Crippen LogP contribution in [0.2, 0.25) is 0 Å². The molecule has 13 heavy (non-hydrogen) atoms. The summed E-state index contributed by atoms with van der Waals surface area (Å²) in [6.07, 6.45) is 0. The van der Waals surface area contributed by atoms with Crippen molar-refractivity contribution in [1.29, 1.82) is 0 Å². The van der Waals surface area contributed by atoms with Crippen molar-refractivity contribution in [3.8, 4) is 0 Å². The number of aryl methyl sites for hydroxylation is 1. The molecule has 0 aliphatic rings. The van der Waals surface area contributed by atoms with E-state index in [1.165, 1.54) is 16.5 Å². The van der Waals surface area contributed by atoms with E-state index in [2.05, 4.69) is 44.8 Å². The van der Waals surface area contributed by atoms with Crippen molar-refractivity contribution in [1.82, 2.24) is 4.57 Å². The zero-order valence-electron chi connectivity index (χ0n) is 7.42. The summed E-state index contributed by atoms with van der Waals surface area (Å²) in [5.74, 6) is 0. The van der Waals surface area contributed by atoms with Crippen molar-refractivity contribution in [2.45, 2.75) is 6.54 Å². The second kappa shape index (κ2) is 3.16. The molecule has 0 atom stereocenters. The van der Waals surface area contributed by atoms with E-state index >= 15 is 0 Å². The third kappa shape index (κ3) is 1.38. The highest BCUT2D eigenvalue weighted by molar-refractivity contribution is 9.10. The van der Waals surface area contributed by atoms with Gasteiger partial charge in [0.15, 0.2) is 0 Å². The van der Waals surface area contributed by atoms with Crippen molar-refractivity contribution in [3.05, 3.63) is 34.4 Å². The topological polar surface area (TPSA) is 30.9 Å². The van der Waals surface area contributed by atoms with Crippen LogP contribution in [0.5, 0.6) is 0 Å². The first-order valence-electron chi connectivity index (χ1n) is 4.16. The highest BCUT2D eigenvalue weighted by atomic mass is 79.9. The van der Waals surface area contributed by atoms with E-state index in [1.54, 1.807) is 0 Å². The quantitative estimate of drug-likeness (QED) is 0.813. The molecule has 2 nitrogen and oxygen atoms in total. The fourth-order valence-corrected chi connectivity index (χ4v) is 1.93. The van der Waals surface area contributed by atoms with E-state index in [4.69, 9.17) is 5.73 Å². The normalized spacial score (nSPS) is 11.0. The number of aromatic nitrogens is 1. The second-order valence-corrected chi connectivity index (χ2v) is 3.94. The van der Waals surface area contributed by atoms with Crippen LogP contribution in [0.1, 0.15) is 5.56 Å². The molecule has 2 aromatic rings. The summed E-state index contributed by atoms with van der Waals surface area (Å²) >= 11 is 3.49. The number of hydrogen-bond donors (Lipinski definition) is 1. The van der Waals surface area contributed by atoms with Crippen LogP contribution in [0, 0.1) is 0 Å². The Kier molecular flexibility index (Phi) is 2.14. The Hall–Kier alpha value is -0.800. The molecule has 0 spiro atoms. The van der Waals surface area contributed by atoms with Crippen LogP contribution in [0.25, 0.3) is 10.9 Å². The molecule has 0 saturated heterocycles. The third-order valence-electron chi connectivity index (χ3n) is 2.28. The fraction of sp³-hybridized carbons (Fsp3) is 0.200. The van der Waals surface area contributed by atoms with E-state index in [0.717, 1.165) is 4.60 Å². The summed E-state index contributed by atoms with van der Waals surface area (Å²) in [6, 6.07) is 8.39.